The lowest BCUT2D eigenvalue weighted by Gasteiger charge is -2.50. The molecule has 2 aromatic rings. The Morgan fingerprint density at radius 1 is 1.09 bits per heavy atom. The Kier molecular flexibility index (Phi) is 7.87. The number of alkyl halides is 4. The molecule has 0 fully saturated rings. The van der Waals surface area contributed by atoms with Crippen LogP contribution in [-0.4, -0.2) is 74.4 Å². The Labute approximate surface area is 261 Å². The van der Waals surface area contributed by atoms with E-state index in [0.29, 0.717) is 5.56 Å². The third kappa shape index (κ3) is 4.98. The van der Waals surface area contributed by atoms with Crippen LogP contribution in [0.2, 0.25) is 0 Å². The highest BCUT2D eigenvalue weighted by molar-refractivity contribution is 9.09. The van der Waals surface area contributed by atoms with Crippen LogP contribution in [-0.2, 0) is 27.0 Å². The molecule has 0 heterocycles. The van der Waals surface area contributed by atoms with Crippen LogP contribution in [0.4, 0.5) is 18.9 Å². The number of anilines is 1. The molecule has 15 heteroatoms. The molecule has 7 N–H and O–H groups in total. The summed E-state index contributed by atoms with van der Waals surface area (Å²) >= 11 is 3.13. The lowest BCUT2D eigenvalue weighted by atomic mass is 9.58. The quantitative estimate of drug-likeness (QED) is 0.155. The predicted molar refractivity (Wildman–Crippen MR) is 155 cm³/mol. The van der Waals surface area contributed by atoms with Crippen molar-refractivity contribution in [1.29, 1.82) is 0 Å². The Balaban J connectivity index is 1.50. The van der Waals surface area contributed by atoms with E-state index in [1.165, 1.54) is 31.1 Å². The molecule has 0 saturated carbocycles. The molecule has 5 atom stereocenters. The molecule has 0 saturated heterocycles. The number of hydrogen-bond acceptors (Lipinski definition) is 9. The summed E-state index contributed by atoms with van der Waals surface area (Å²) in [5, 5.41) is 47.4. The van der Waals surface area contributed by atoms with Gasteiger partial charge in [0.15, 0.2) is 17.1 Å². The van der Waals surface area contributed by atoms with E-state index >= 15 is 0 Å². The number of hydrogen-bond donors (Lipinski definition) is 6. The van der Waals surface area contributed by atoms with Crippen molar-refractivity contribution in [1.82, 2.24) is 4.90 Å². The van der Waals surface area contributed by atoms with E-state index in [1.807, 2.05) is 0 Å². The van der Waals surface area contributed by atoms with Crippen LogP contribution in [0, 0.1) is 11.8 Å². The standard InChI is InChI=1S/C30H27BrF3N3O8/c1-37(2)21-15-10-13-9-12-5-8-16(36-28(44)20(31)11-3-6-14(7-4-11)30(32,33)34)22(38)17(12)23(39)18(13)25(41)29(15,45)26(42)19(24(21)40)27(35)43/h3-8,13,15,20-21,38,40-41,45H,9-10H2,1-2H3,(H2,35,43)(H,36,44)/t13?,15?,20?,21-,29?/m0/s1. The fourth-order valence-electron chi connectivity index (χ4n) is 6.51. The molecule has 0 aliphatic heterocycles. The van der Waals surface area contributed by atoms with Crippen LogP contribution < -0.4 is 11.1 Å². The number of phenolic OH excluding ortho intramolecular Hbond substituents is 1. The summed E-state index contributed by atoms with van der Waals surface area (Å²) in [7, 11) is 3.05. The number of amides is 2. The summed E-state index contributed by atoms with van der Waals surface area (Å²) < 4.78 is 38.7. The maximum absolute atomic E-state index is 13.8. The van der Waals surface area contributed by atoms with Crippen molar-refractivity contribution in [3.05, 3.63) is 81.3 Å². The lowest BCUT2D eigenvalue weighted by Crippen LogP contribution is -2.63. The number of halogens is 4. The van der Waals surface area contributed by atoms with Gasteiger partial charge in [0.1, 0.15) is 21.9 Å². The Morgan fingerprint density at radius 2 is 1.71 bits per heavy atom. The first kappa shape index (κ1) is 32.2. The fourth-order valence-corrected chi connectivity index (χ4v) is 6.93. The number of nitrogens with two attached hydrogens (primary N) is 1. The molecule has 238 valence electrons. The van der Waals surface area contributed by atoms with Crippen molar-refractivity contribution in [3.63, 3.8) is 0 Å². The van der Waals surface area contributed by atoms with Gasteiger partial charge in [0, 0.05) is 11.5 Å². The van der Waals surface area contributed by atoms with E-state index in [9.17, 15) is 52.8 Å². The molecule has 11 nitrogen and oxygen atoms in total. The number of aliphatic hydroxyl groups excluding tert-OH is 2. The van der Waals surface area contributed by atoms with Gasteiger partial charge < -0.3 is 31.5 Å². The monoisotopic (exact) mass is 693 g/mol. The molecule has 45 heavy (non-hydrogen) atoms. The number of aliphatic hydroxyl groups is 3. The van der Waals surface area contributed by atoms with Crippen LogP contribution >= 0.6 is 15.9 Å². The van der Waals surface area contributed by atoms with Crippen molar-refractivity contribution in [2.75, 3.05) is 19.4 Å². The van der Waals surface area contributed by atoms with Gasteiger partial charge in [0.05, 0.1) is 22.9 Å². The van der Waals surface area contributed by atoms with E-state index in [0.717, 1.165) is 24.3 Å². The first-order valence-electron chi connectivity index (χ1n) is 13.5. The Bertz CT molecular complexity index is 1720. The number of primary amides is 1. The topological polar surface area (TPSA) is 190 Å². The minimum absolute atomic E-state index is 0.0585. The summed E-state index contributed by atoms with van der Waals surface area (Å²) in [6.07, 6.45) is -4.59. The summed E-state index contributed by atoms with van der Waals surface area (Å²) in [4.78, 5) is 52.6. The molecule has 0 radical (unpaired) electrons. The number of likely N-dealkylation sites (N-methyl/N-ethyl adjacent to an activating group) is 1. The fraction of sp³-hybridized carbons (Fsp3) is 0.333. The summed E-state index contributed by atoms with van der Waals surface area (Å²) in [5.74, 6) is -8.74. The van der Waals surface area contributed by atoms with E-state index < -0.39 is 86.3 Å². The maximum atomic E-state index is 13.8. The number of nitrogens with one attached hydrogen (secondary N) is 1. The number of carbonyl (C=O) groups excluding carboxylic acids is 4. The van der Waals surface area contributed by atoms with Crippen LogP contribution in [0.5, 0.6) is 5.75 Å². The Morgan fingerprint density at radius 3 is 2.27 bits per heavy atom. The molecule has 2 amide bonds. The second-order valence-electron chi connectivity index (χ2n) is 11.4. The van der Waals surface area contributed by atoms with E-state index in [4.69, 9.17) is 5.73 Å². The second-order valence-corrected chi connectivity index (χ2v) is 12.3. The first-order chi connectivity index (χ1) is 20.9. The number of carbonyl (C=O) groups is 4. The molecule has 0 spiro atoms. The van der Waals surface area contributed by atoms with Crippen LogP contribution in [0.3, 0.4) is 0 Å². The van der Waals surface area contributed by atoms with Gasteiger partial charge in [-0.2, -0.15) is 13.2 Å². The van der Waals surface area contributed by atoms with Crippen molar-refractivity contribution < 1.29 is 52.8 Å². The number of ketones is 2. The third-order valence-corrected chi connectivity index (χ3v) is 9.56. The summed E-state index contributed by atoms with van der Waals surface area (Å²) in [6, 6.07) is 5.53. The van der Waals surface area contributed by atoms with Crippen molar-refractivity contribution in [2.24, 2.45) is 17.6 Å². The van der Waals surface area contributed by atoms with Gasteiger partial charge in [-0.1, -0.05) is 34.1 Å². The van der Waals surface area contributed by atoms with Crippen molar-refractivity contribution in [2.45, 2.75) is 35.5 Å². The van der Waals surface area contributed by atoms with Crippen molar-refractivity contribution in [3.8, 4) is 5.75 Å². The van der Waals surface area contributed by atoms with Gasteiger partial charge in [-0.25, -0.2) is 0 Å². The number of benzene rings is 2. The molecule has 0 aromatic heterocycles. The van der Waals surface area contributed by atoms with Gasteiger partial charge in [-0.3, -0.25) is 24.1 Å². The van der Waals surface area contributed by atoms with Crippen LogP contribution in [0.15, 0.2) is 59.1 Å². The molecular formula is C30H27BrF3N3O8. The highest BCUT2D eigenvalue weighted by atomic mass is 79.9. The second kappa shape index (κ2) is 11.0. The van der Waals surface area contributed by atoms with E-state index in [1.54, 1.807) is 0 Å². The average molecular weight is 694 g/mol. The predicted octanol–water partition coefficient (Wildman–Crippen LogP) is 3.21. The molecule has 0 bridgehead atoms. The van der Waals surface area contributed by atoms with Crippen LogP contribution in [0.1, 0.15) is 38.3 Å². The van der Waals surface area contributed by atoms with Gasteiger partial charge in [0.25, 0.3) is 5.91 Å². The smallest absolute Gasteiger partial charge is 0.416 e. The van der Waals surface area contributed by atoms with Gasteiger partial charge in [-0.05, 0) is 62.2 Å². The minimum atomic E-state index is -4.57. The molecule has 3 aliphatic carbocycles. The lowest BCUT2D eigenvalue weighted by molar-refractivity contribution is -0.148. The zero-order valence-electron chi connectivity index (χ0n) is 23.6. The van der Waals surface area contributed by atoms with Crippen LogP contribution in [0.25, 0.3) is 0 Å². The number of Topliss-reactive ketones (excluding diaryl/α,β-unsaturated/α-hetero) is 2. The average Bonchev–Trinajstić information content (AvgIpc) is 2.95. The number of fused-ring (bicyclic) bond motifs is 3. The highest BCUT2D eigenvalue weighted by Gasteiger charge is 2.63. The largest absolute Gasteiger partial charge is 0.510 e. The number of nitrogens with zero attached hydrogens (tertiary/aromatic N) is 1. The number of allylic oxidation sites excluding steroid dienone is 1. The zero-order chi connectivity index (χ0) is 33.3. The van der Waals surface area contributed by atoms with Gasteiger partial charge in [0.2, 0.25) is 11.7 Å². The van der Waals surface area contributed by atoms with E-state index in [2.05, 4.69) is 21.2 Å². The number of rotatable bonds is 5. The molecule has 5 rings (SSSR count). The van der Waals surface area contributed by atoms with Crippen molar-refractivity contribution >= 4 is 45.0 Å². The SMILES string of the molecule is CN(C)[C@@H]1C(O)=C(C(N)=O)C(=O)C2(O)C(O)=C3C(=O)c4c(ccc(NC(=O)C(Br)c5ccc(C(F)(F)F)cc5)c4O)CC3CC12. The highest BCUT2D eigenvalue weighted by Crippen LogP contribution is 2.52. The normalized spacial score (nSPS) is 25.5. The van der Waals surface area contributed by atoms with Gasteiger partial charge in [-0.15, -0.1) is 0 Å². The number of aromatic hydroxyl groups is 1. The number of phenols is 1. The Hall–Kier alpha value is -4.21. The minimum Gasteiger partial charge on any atom is -0.510 e. The first-order valence-corrected chi connectivity index (χ1v) is 14.4. The maximum Gasteiger partial charge on any atom is 0.416 e. The molecule has 4 unspecified atom stereocenters. The van der Waals surface area contributed by atoms with Gasteiger partial charge >= 0.3 is 6.18 Å². The third-order valence-electron chi connectivity index (χ3n) is 8.61. The van der Waals surface area contributed by atoms with E-state index in [-0.39, 0.29) is 35.2 Å². The molecule has 2 aromatic carbocycles. The molecular weight excluding hydrogens is 667 g/mol. The summed E-state index contributed by atoms with van der Waals surface area (Å²) in [5.41, 5.74) is 0.326. The molecule has 3 aliphatic rings. The zero-order valence-corrected chi connectivity index (χ0v) is 25.2. The summed E-state index contributed by atoms with van der Waals surface area (Å²) in [6.45, 7) is 0.